The van der Waals surface area contributed by atoms with Crippen molar-refractivity contribution >= 4 is 33.4 Å². The highest BCUT2D eigenvalue weighted by atomic mass is 79.9. The van der Waals surface area contributed by atoms with Crippen molar-refractivity contribution in [3.05, 3.63) is 95.6 Å². The van der Waals surface area contributed by atoms with Crippen LogP contribution in [-0.2, 0) is 16.1 Å². The molecule has 0 radical (unpaired) electrons. The van der Waals surface area contributed by atoms with E-state index in [0.29, 0.717) is 25.8 Å². The van der Waals surface area contributed by atoms with Crippen molar-refractivity contribution in [3.8, 4) is 5.75 Å². The van der Waals surface area contributed by atoms with Gasteiger partial charge >= 0.3 is 0 Å². The zero-order valence-corrected chi connectivity index (χ0v) is 23.3. The number of amides is 2. The van der Waals surface area contributed by atoms with Crippen molar-refractivity contribution in [2.45, 2.75) is 50.8 Å². The molecule has 0 bridgehead atoms. The fourth-order valence-corrected chi connectivity index (χ4v) is 5.32. The van der Waals surface area contributed by atoms with E-state index in [0.717, 1.165) is 46.3 Å². The number of rotatable bonds is 13. The lowest BCUT2D eigenvalue weighted by molar-refractivity contribution is -0.131. The Morgan fingerprint density at radius 1 is 1.03 bits per heavy atom. The number of halogens is 1. The molecule has 0 aromatic heterocycles. The van der Waals surface area contributed by atoms with E-state index in [4.69, 9.17) is 4.74 Å². The van der Waals surface area contributed by atoms with Crippen molar-refractivity contribution in [2.24, 2.45) is 5.92 Å². The van der Waals surface area contributed by atoms with Gasteiger partial charge in [-0.1, -0.05) is 70.5 Å². The molecule has 3 unspecified atom stereocenters. The molecule has 3 aromatic rings. The molecule has 7 heteroatoms. The van der Waals surface area contributed by atoms with Gasteiger partial charge in [-0.15, -0.1) is 0 Å². The number of nitrogens with zero attached hydrogens (tertiary/aromatic N) is 1. The molecule has 1 fully saturated rings. The summed E-state index contributed by atoms with van der Waals surface area (Å²) in [5, 5.41) is 14.6. The van der Waals surface area contributed by atoms with Crippen LogP contribution in [0.1, 0.15) is 60.9 Å². The van der Waals surface area contributed by atoms with Gasteiger partial charge in [-0.2, -0.15) is 0 Å². The Hall–Kier alpha value is -3.16. The van der Waals surface area contributed by atoms with Crippen molar-refractivity contribution in [3.63, 3.8) is 0 Å². The molecule has 3 atom stereocenters. The largest absolute Gasteiger partial charge is 0.497 e. The molecule has 4 rings (SSSR count). The van der Waals surface area contributed by atoms with E-state index in [1.807, 2.05) is 83.8 Å². The number of carbonyl (C=O) groups is 2. The molecule has 2 N–H and O–H groups in total. The third-order valence-electron chi connectivity index (χ3n) is 7.10. The summed E-state index contributed by atoms with van der Waals surface area (Å²) in [4.78, 5) is 27.3. The minimum absolute atomic E-state index is 0.0491. The number of aliphatic hydroxyl groups excluding tert-OH is 1. The van der Waals surface area contributed by atoms with Gasteiger partial charge in [0.2, 0.25) is 11.8 Å². The van der Waals surface area contributed by atoms with Gasteiger partial charge < -0.3 is 20.1 Å². The molecule has 2 amide bonds. The molecule has 1 aliphatic rings. The van der Waals surface area contributed by atoms with E-state index in [-0.39, 0.29) is 23.8 Å². The van der Waals surface area contributed by atoms with Crippen LogP contribution in [0.15, 0.2) is 78.9 Å². The number of hydrogen-bond acceptors (Lipinski definition) is 4. The number of benzene rings is 3. The predicted octanol–water partition coefficient (Wildman–Crippen LogP) is 6.09. The summed E-state index contributed by atoms with van der Waals surface area (Å²) in [7, 11) is 1.63. The van der Waals surface area contributed by atoms with E-state index in [1.54, 1.807) is 7.11 Å². The first-order valence-corrected chi connectivity index (χ1v) is 14.3. The van der Waals surface area contributed by atoms with Crippen LogP contribution in [0.4, 0.5) is 5.69 Å². The zero-order chi connectivity index (χ0) is 26.9. The van der Waals surface area contributed by atoms with Gasteiger partial charge in [0, 0.05) is 24.0 Å². The van der Waals surface area contributed by atoms with Crippen molar-refractivity contribution < 1.29 is 19.4 Å². The molecular weight excluding hydrogens is 544 g/mol. The summed E-state index contributed by atoms with van der Waals surface area (Å²) < 4.78 is 5.32. The number of methoxy groups -OCH3 is 1. The SMILES string of the molecule is COc1ccc(C2C(CCC(O)c3ccccc3)C(=O)N2c2ccc(CNC(=O)CCCCBr)cc2)cc1. The Labute approximate surface area is 233 Å². The fraction of sp³-hybridized carbons (Fsp3) is 0.355. The van der Waals surface area contributed by atoms with Gasteiger partial charge in [0.25, 0.3) is 0 Å². The van der Waals surface area contributed by atoms with Gasteiger partial charge in [0.15, 0.2) is 0 Å². The monoisotopic (exact) mass is 578 g/mol. The minimum Gasteiger partial charge on any atom is -0.497 e. The van der Waals surface area contributed by atoms with Crippen LogP contribution in [0.2, 0.25) is 0 Å². The summed E-state index contributed by atoms with van der Waals surface area (Å²) in [6, 6.07) is 25.1. The predicted molar refractivity (Wildman–Crippen MR) is 153 cm³/mol. The number of anilines is 1. The first-order chi connectivity index (χ1) is 18.5. The second-order valence-electron chi connectivity index (χ2n) is 9.63. The average Bonchev–Trinajstić information content (AvgIpc) is 2.96. The third kappa shape index (κ3) is 6.83. The van der Waals surface area contributed by atoms with Crippen LogP contribution < -0.4 is 15.0 Å². The molecule has 1 saturated heterocycles. The van der Waals surface area contributed by atoms with Crippen LogP contribution >= 0.6 is 15.9 Å². The lowest BCUT2D eigenvalue weighted by Crippen LogP contribution is -2.55. The van der Waals surface area contributed by atoms with Gasteiger partial charge in [-0.3, -0.25) is 9.59 Å². The molecule has 0 aliphatic carbocycles. The van der Waals surface area contributed by atoms with E-state index in [9.17, 15) is 14.7 Å². The summed E-state index contributed by atoms with van der Waals surface area (Å²) in [6.45, 7) is 0.462. The third-order valence-corrected chi connectivity index (χ3v) is 7.66. The minimum atomic E-state index is -0.608. The van der Waals surface area contributed by atoms with Gasteiger partial charge in [-0.05, 0) is 66.6 Å². The fourth-order valence-electron chi connectivity index (χ4n) is 4.92. The number of β-lactam (4-membered cyclic amide) rings is 1. The molecule has 0 spiro atoms. The summed E-state index contributed by atoms with van der Waals surface area (Å²) in [5.74, 6) is 0.646. The molecule has 6 nitrogen and oxygen atoms in total. The average molecular weight is 580 g/mol. The summed E-state index contributed by atoms with van der Waals surface area (Å²) in [6.07, 6.45) is 2.85. The Balaban J connectivity index is 1.45. The van der Waals surface area contributed by atoms with Crippen molar-refractivity contribution in [2.75, 3.05) is 17.3 Å². The van der Waals surface area contributed by atoms with Gasteiger partial charge in [0.1, 0.15) is 5.75 Å². The molecule has 1 heterocycles. The van der Waals surface area contributed by atoms with Gasteiger partial charge in [0.05, 0.1) is 25.2 Å². The maximum atomic E-state index is 13.4. The van der Waals surface area contributed by atoms with Crippen molar-refractivity contribution in [1.82, 2.24) is 5.32 Å². The van der Waals surface area contributed by atoms with Crippen LogP contribution in [0.3, 0.4) is 0 Å². The second kappa shape index (κ2) is 13.6. The first kappa shape index (κ1) is 27.9. The molecule has 3 aromatic carbocycles. The summed E-state index contributed by atoms with van der Waals surface area (Å²) >= 11 is 3.39. The molecule has 200 valence electrons. The Morgan fingerprint density at radius 2 is 1.74 bits per heavy atom. The lowest BCUT2D eigenvalue weighted by Gasteiger charge is -2.48. The smallest absolute Gasteiger partial charge is 0.233 e. The Morgan fingerprint density at radius 3 is 2.39 bits per heavy atom. The maximum absolute atomic E-state index is 13.4. The maximum Gasteiger partial charge on any atom is 0.233 e. The van der Waals surface area contributed by atoms with Crippen LogP contribution in [0, 0.1) is 5.92 Å². The Bertz CT molecular complexity index is 1180. The number of unbranched alkanes of at least 4 members (excludes halogenated alkanes) is 1. The second-order valence-corrected chi connectivity index (χ2v) is 10.4. The number of carbonyl (C=O) groups excluding carboxylic acids is 2. The lowest BCUT2D eigenvalue weighted by atomic mass is 9.78. The number of ether oxygens (including phenoxy) is 1. The number of hydrogen-bond donors (Lipinski definition) is 2. The Kier molecular flexibility index (Phi) is 9.96. The number of nitrogens with one attached hydrogen (secondary N) is 1. The van der Waals surface area contributed by atoms with Crippen LogP contribution in [0.5, 0.6) is 5.75 Å². The topological polar surface area (TPSA) is 78.9 Å². The molecule has 38 heavy (non-hydrogen) atoms. The zero-order valence-electron chi connectivity index (χ0n) is 21.7. The highest BCUT2D eigenvalue weighted by Gasteiger charge is 2.48. The van der Waals surface area contributed by atoms with Gasteiger partial charge in [-0.25, -0.2) is 0 Å². The quantitative estimate of drug-likeness (QED) is 0.146. The number of aliphatic hydroxyl groups is 1. The van der Waals surface area contributed by atoms with E-state index in [1.165, 1.54) is 0 Å². The van der Waals surface area contributed by atoms with E-state index < -0.39 is 6.10 Å². The summed E-state index contributed by atoms with van der Waals surface area (Å²) in [5.41, 5.74) is 3.70. The van der Waals surface area contributed by atoms with Crippen LogP contribution in [-0.4, -0.2) is 29.4 Å². The first-order valence-electron chi connectivity index (χ1n) is 13.1. The standard InChI is InChI=1S/C31H35BrN2O4/c1-38-26-16-12-24(13-17-26)30-27(18-19-28(35)23-7-3-2-4-8-23)31(37)34(30)25-14-10-22(11-15-25)21-33-29(36)9-5-6-20-32/h2-4,7-8,10-17,27-28,30,35H,5-6,9,18-21H2,1H3,(H,33,36). The number of alkyl halides is 1. The normalized spacial score (nSPS) is 17.6. The van der Waals surface area contributed by atoms with Crippen LogP contribution in [0.25, 0.3) is 0 Å². The molecular formula is C31H35BrN2O4. The van der Waals surface area contributed by atoms with Crippen molar-refractivity contribution in [1.29, 1.82) is 0 Å². The molecule has 0 saturated carbocycles. The highest BCUT2D eigenvalue weighted by Crippen LogP contribution is 2.46. The highest BCUT2D eigenvalue weighted by molar-refractivity contribution is 9.09. The van der Waals surface area contributed by atoms with E-state index >= 15 is 0 Å². The molecule has 1 aliphatic heterocycles. The van der Waals surface area contributed by atoms with E-state index in [2.05, 4.69) is 21.2 Å².